The zero-order valence-corrected chi connectivity index (χ0v) is 16.7. The first-order valence-corrected chi connectivity index (χ1v) is 7.83. The first kappa shape index (κ1) is 20.4. The van der Waals surface area contributed by atoms with E-state index in [2.05, 4.69) is 36.3 Å². The van der Waals surface area contributed by atoms with Crippen LogP contribution in [0.4, 0.5) is 5.69 Å². The second-order valence-corrected chi connectivity index (χ2v) is 6.25. The van der Waals surface area contributed by atoms with Gasteiger partial charge in [-0.25, -0.2) is 4.99 Å². The number of guanidine groups is 1. The summed E-state index contributed by atoms with van der Waals surface area (Å²) in [5.41, 5.74) is 7.85. The molecule has 24 heavy (non-hydrogen) atoms. The third-order valence-corrected chi connectivity index (χ3v) is 3.78. The molecule has 4 N–H and O–H groups in total. The summed E-state index contributed by atoms with van der Waals surface area (Å²) in [6, 6.07) is 17.6. The largest absolute Gasteiger partial charge is 0.384 e. The number of hydrogen-bond acceptors (Lipinski definition) is 2. The number of benzene rings is 2. The number of anilines is 1. The van der Waals surface area contributed by atoms with Gasteiger partial charge in [0.15, 0.2) is 5.96 Å². The van der Waals surface area contributed by atoms with Crippen molar-refractivity contribution in [2.45, 2.75) is 32.3 Å². The van der Waals surface area contributed by atoms with E-state index in [1.165, 1.54) is 5.56 Å². The molecule has 1 unspecified atom stereocenters. The Morgan fingerprint density at radius 3 is 2.46 bits per heavy atom. The number of nitrogens with zero attached hydrogens (tertiary/aromatic N) is 1. The molecule has 1 atom stereocenters. The van der Waals surface area contributed by atoms with E-state index in [1.807, 2.05) is 42.5 Å². The molecule has 0 saturated heterocycles. The van der Waals surface area contributed by atoms with E-state index in [0.29, 0.717) is 11.9 Å². The zero-order valence-electron chi connectivity index (χ0n) is 14.4. The van der Waals surface area contributed by atoms with Crippen LogP contribution < -0.4 is 11.1 Å². The molecule has 2 aromatic carbocycles. The molecule has 0 fully saturated rings. The van der Waals surface area contributed by atoms with Crippen molar-refractivity contribution in [2.24, 2.45) is 10.7 Å². The quantitative estimate of drug-likeness (QED) is 0.374. The van der Waals surface area contributed by atoms with Gasteiger partial charge in [-0.05, 0) is 36.1 Å². The Balaban J connectivity index is 0.00000288. The molecular formula is C19H26IN3O. The third-order valence-electron chi connectivity index (χ3n) is 3.78. The molecule has 0 amide bonds. The maximum absolute atomic E-state index is 10.5. The predicted octanol–water partition coefficient (Wildman–Crippen LogP) is 4.06. The highest BCUT2D eigenvalue weighted by molar-refractivity contribution is 14.0. The van der Waals surface area contributed by atoms with E-state index in [9.17, 15) is 5.11 Å². The second kappa shape index (κ2) is 9.03. The lowest BCUT2D eigenvalue weighted by atomic mass is 9.96. The van der Waals surface area contributed by atoms with Crippen molar-refractivity contribution in [3.8, 4) is 0 Å². The Kier molecular flexibility index (Phi) is 7.69. The molecule has 5 heteroatoms. The van der Waals surface area contributed by atoms with Crippen LogP contribution in [0, 0.1) is 0 Å². The Bertz CT molecular complexity index is 669. The Morgan fingerprint density at radius 1 is 1.17 bits per heavy atom. The number of nitrogens with one attached hydrogen (secondary N) is 1. The van der Waals surface area contributed by atoms with Crippen LogP contribution in [0.2, 0.25) is 0 Å². The van der Waals surface area contributed by atoms with Crippen molar-refractivity contribution < 1.29 is 5.11 Å². The summed E-state index contributed by atoms with van der Waals surface area (Å²) < 4.78 is 0. The number of aliphatic hydroxyl groups is 1. The van der Waals surface area contributed by atoms with Crippen molar-refractivity contribution in [1.82, 2.24) is 0 Å². The highest BCUT2D eigenvalue weighted by Crippen LogP contribution is 2.21. The van der Waals surface area contributed by atoms with Crippen molar-refractivity contribution in [1.29, 1.82) is 0 Å². The van der Waals surface area contributed by atoms with E-state index in [4.69, 9.17) is 5.73 Å². The second-order valence-electron chi connectivity index (χ2n) is 6.25. The van der Waals surface area contributed by atoms with Gasteiger partial charge in [-0.15, -0.1) is 24.0 Å². The van der Waals surface area contributed by atoms with Crippen LogP contribution in [0.5, 0.6) is 0 Å². The fraction of sp³-hybridized carbons (Fsp3) is 0.316. The van der Waals surface area contributed by atoms with E-state index in [-0.39, 0.29) is 30.5 Å². The molecule has 2 rings (SSSR count). The summed E-state index contributed by atoms with van der Waals surface area (Å²) in [7, 11) is 0. The highest BCUT2D eigenvalue weighted by Gasteiger charge is 2.22. The number of nitrogens with two attached hydrogens (primary N) is 1. The Labute approximate surface area is 161 Å². The van der Waals surface area contributed by atoms with E-state index in [0.717, 1.165) is 11.3 Å². The minimum atomic E-state index is -1.05. The van der Waals surface area contributed by atoms with Crippen LogP contribution in [-0.2, 0) is 5.60 Å². The van der Waals surface area contributed by atoms with Crippen LogP contribution in [0.3, 0.4) is 0 Å². The van der Waals surface area contributed by atoms with Gasteiger partial charge in [-0.3, -0.25) is 0 Å². The van der Waals surface area contributed by atoms with Gasteiger partial charge in [0.1, 0.15) is 5.60 Å². The minimum Gasteiger partial charge on any atom is -0.384 e. The SMILES string of the molecule is CC(C)c1cccc(NC(N)=NCC(C)(O)c2ccccc2)c1.I. The zero-order chi connectivity index (χ0) is 16.9. The van der Waals surface area contributed by atoms with Crippen molar-refractivity contribution >= 4 is 35.6 Å². The van der Waals surface area contributed by atoms with E-state index < -0.39 is 5.60 Å². The van der Waals surface area contributed by atoms with E-state index >= 15 is 0 Å². The summed E-state index contributed by atoms with van der Waals surface area (Å²) >= 11 is 0. The maximum atomic E-state index is 10.5. The summed E-state index contributed by atoms with van der Waals surface area (Å²) in [4.78, 5) is 4.28. The lowest BCUT2D eigenvalue weighted by Crippen LogP contribution is -2.29. The van der Waals surface area contributed by atoms with Crippen LogP contribution >= 0.6 is 24.0 Å². The molecule has 0 radical (unpaired) electrons. The Morgan fingerprint density at radius 2 is 1.83 bits per heavy atom. The van der Waals surface area contributed by atoms with Gasteiger partial charge < -0.3 is 16.2 Å². The van der Waals surface area contributed by atoms with Crippen molar-refractivity contribution in [3.05, 3.63) is 65.7 Å². The average molecular weight is 439 g/mol. The first-order chi connectivity index (χ1) is 10.9. The molecule has 0 aliphatic rings. The molecule has 0 aliphatic carbocycles. The molecule has 4 nitrogen and oxygen atoms in total. The number of rotatable bonds is 5. The van der Waals surface area contributed by atoms with Gasteiger partial charge >= 0.3 is 0 Å². The molecule has 0 saturated carbocycles. The van der Waals surface area contributed by atoms with Crippen LogP contribution in [0.25, 0.3) is 0 Å². The third kappa shape index (κ3) is 5.79. The van der Waals surface area contributed by atoms with Gasteiger partial charge in [0, 0.05) is 5.69 Å². The standard InChI is InChI=1S/C19H25N3O.HI/c1-14(2)15-8-7-11-17(12-15)22-18(20)21-13-19(3,23)16-9-5-4-6-10-16;/h4-12,14,23H,13H2,1-3H3,(H3,20,21,22);1H. The lowest BCUT2D eigenvalue weighted by molar-refractivity contribution is 0.0674. The van der Waals surface area contributed by atoms with Crippen LogP contribution in [0.15, 0.2) is 59.6 Å². The van der Waals surface area contributed by atoms with Gasteiger partial charge in [0.05, 0.1) is 6.54 Å². The molecule has 0 heterocycles. The monoisotopic (exact) mass is 439 g/mol. The summed E-state index contributed by atoms with van der Waals surface area (Å²) in [5.74, 6) is 0.746. The maximum Gasteiger partial charge on any atom is 0.193 e. The highest BCUT2D eigenvalue weighted by atomic mass is 127. The van der Waals surface area contributed by atoms with Gasteiger partial charge in [0.2, 0.25) is 0 Å². The molecule has 130 valence electrons. The van der Waals surface area contributed by atoms with E-state index in [1.54, 1.807) is 6.92 Å². The average Bonchev–Trinajstić information content (AvgIpc) is 2.54. The molecule has 0 bridgehead atoms. The lowest BCUT2D eigenvalue weighted by Gasteiger charge is -2.21. The topological polar surface area (TPSA) is 70.6 Å². The number of aliphatic imine (C=N–C) groups is 1. The number of halogens is 1. The van der Waals surface area contributed by atoms with Crippen molar-refractivity contribution in [3.63, 3.8) is 0 Å². The van der Waals surface area contributed by atoms with Gasteiger partial charge in [-0.2, -0.15) is 0 Å². The molecule has 0 aliphatic heterocycles. The summed E-state index contributed by atoms with van der Waals surface area (Å²) in [6.07, 6.45) is 0. The fourth-order valence-corrected chi connectivity index (χ4v) is 2.29. The molecule has 0 aromatic heterocycles. The van der Waals surface area contributed by atoms with Crippen LogP contribution in [-0.4, -0.2) is 17.6 Å². The first-order valence-electron chi connectivity index (χ1n) is 7.83. The fourth-order valence-electron chi connectivity index (χ4n) is 2.29. The molecular weight excluding hydrogens is 413 g/mol. The van der Waals surface area contributed by atoms with Crippen LogP contribution in [0.1, 0.15) is 37.8 Å². The smallest absolute Gasteiger partial charge is 0.193 e. The normalized spacial score (nSPS) is 14.0. The predicted molar refractivity (Wildman–Crippen MR) is 112 cm³/mol. The van der Waals surface area contributed by atoms with Gasteiger partial charge in [-0.1, -0.05) is 56.3 Å². The molecule has 2 aromatic rings. The Hall–Kier alpha value is -1.60. The summed E-state index contributed by atoms with van der Waals surface area (Å²) in [5, 5.41) is 13.6. The summed E-state index contributed by atoms with van der Waals surface area (Å²) in [6.45, 7) is 6.22. The minimum absolute atomic E-state index is 0. The molecule has 0 spiro atoms. The van der Waals surface area contributed by atoms with Gasteiger partial charge in [0.25, 0.3) is 0 Å². The number of hydrogen-bond donors (Lipinski definition) is 3. The van der Waals surface area contributed by atoms with Crippen molar-refractivity contribution in [2.75, 3.05) is 11.9 Å².